The molecule has 1 amide bonds. The average Bonchev–Trinajstić information content (AvgIpc) is 3.14. The molecule has 2 heterocycles. The highest BCUT2D eigenvalue weighted by atomic mass is 16.2. The number of nitrogens with one attached hydrogen (secondary N) is 1. The molecule has 3 heteroatoms. The Hall–Kier alpha value is -0.570. The number of hydrogen-bond acceptors (Lipinski definition) is 2. The van der Waals surface area contributed by atoms with Crippen molar-refractivity contribution in [3.63, 3.8) is 0 Å². The maximum Gasteiger partial charge on any atom is 0.222 e. The van der Waals surface area contributed by atoms with Gasteiger partial charge in [0.15, 0.2) is 0 Å². The van der Waals surface area contributed by atoms with Crippen LogP contribution in [0.4, 0.5) is 0 Å². The maximum atomic E-state index is 12.5. The molecule has 0 spiro atoms. The number of nitrogens with zero attached hydrogens (tertiary/aromatic N) is 1. The number of amides is 1. The molecule has 3 nitrogen and oxygen atoms in total. The molecular formula is C16H28N2O. The molecule has 1 N–H and O–H groups in total. The van der Waals surface area contributed by atoms with Crippen molar-refractivity contribution >= 4 is 5.91 Å². The minimum atomic E-state index is 0.433. The standard InChI is InChI=1S/C16H28N2O/c19-16(10-9-14-7-3-11-17-14)18-12-4-8-15(18)13-5-1-2-6-13/h13-15,17H,1-12H2. The van der Waals surface area contributed by atoms with Gasteiger partial charge in [0.05, 0.1) is 0 Å². The van der Waals surface area contributed by atoms with Crippen molar-refractivity contribution in [2.24, 2.45) is 5.92 Å². The lowest BCUT2D eigenvalue weighted by Crippen LogP contribution is -2.39. The Bertz CT molecular complexity index is 306. The number of rotatable bonds is 4. The van der Waals surface area contributed by atoms with Gasteiger partial charge in [-0.1, -0.05) is 12.8 Å². The van der Waals surface area contributed by atoms with Gasteiger partial charge in [-0.15, -0.1) is 0 Å². The van der Waals surface area contributed by atoms with E-state index in [0.717, 1.165) is 31.8 Å². The molecule has 2 atom stereocenters. The third-order valence-electron chi connectivity index (χ3n) is 5.43. The molecule has 19 heavy (non-hydrogen) atoms. The minimum Gasteiger partial charge on any atom is -0.339 e. The first kappa shape index (κ1) is 13.4. The van der Waals surface area contributed by atoms with Gasteiger partial charge in [-0.05, 0) is 57.4 Å². The summed E-state index contributed by atoms with van der Waals surface area (Å²) in [4.78, 5) is 14.7. The zero-order chi connectivity index (χ0) is 13.1. The molecule has 0 aromatic rings. The smallest absolute Gasteiger partial charge is 0.222 e. The molecule has 3 rings (SSSR count). The van der Waals surface area contributed by atoms with E-state index >= 15 is 0 Å². The maximum absolute atomic E-state index is 12.5. The van der Waals surface area contributed by atoms with E-state index in [1.54, 1.807) is 0 Å². The SMILES string of the molecule is O=C(CCC1CCCN1)N1CCCC1C1CCCC1. The van der Waals surface area contributed by atoms with Crippen LogP contribution in [0.25, 0.3) is 0 Å². The zero-order valence-corrected chi connectivity index (χ0v) is 12.1. The molecule has 3 fully saturated rings. The second-order valence-electron chi connectivity index (χ2n) is 6.67. The van der Waals surface area contributed by atoms with Gasteiger partial charge in [0.25, 0.3) is 0 Å². The first-order chi connectivity index (χ1) is 9.34. The summed E-state index contributed by atoms with van der Waals surface area (Å²) in [5, 5.41) is 3.50. The van der Waals surface area contributed by atoms with Crippen molar-refractivity contribution in [3.8, 4) is 0 Å². The molecular weight excluding hydrogens is 236 g/mol. The van der Waals surface area contributed by atoms with Crippen LogP contribution in [-0.2, 0) is 4.79 Å². The highest BCUT2D eigenvalue weighted by molar-refractivity contribution is 5.76. The van der Waals surface area contributed by atoms with E-state index in [2.05, 4.69) is 10.2 Å². The molecule has 108 valence electrons. The molecule has 0 bridgehead atoms. The first-order valence-corrected chi connectivity index (χ1v) is 8.37. The highest BCUT2D eigenvalue weighted by Gasteiger charge is 2.35. The molecule has 2 saturated heterocycles. The number of carbonyl (C=O) groups is 1. The summed E-state index contributed by atoms with van der Waals surface area (Å²) in [6.45, 7) is 2.17. The number of hydrogen-bond donors (Lipinski definition) is 1. The summed E-state index contributed by atoms with van der Waals surface area (Å²) in [7, 11) is 0. The Labute approximate surface area is 117 Å². The summed E-state index contributed by atoms with van der Waals surface area (Å²) in [5.74, 6) is 1.25. The molecule has 0 radical (unpaired) electrons. The Morgan fingerprint density at radius 3 is 2.63 bits per heavy atom. The van der Waals surface area contributed by atoms with E-state index in [9.17, 15) is 4.79 Å². The van der Waals surface area contributed by atoms with Gasteiger partial charge in [-0.25, -0.2) is 0 Å². The van der Waals surface area contributed by atoms with E-state index < -0.39 is 0 Å². The van der Waals surface area contributed by atoms with Crippen LogP contribution in [0, 0.1) is 5.92 Å². The second-order valence-corrected chi connectivity index (χ2v) is 6.67. The van der Waals surface area contributed by atoms with E-state index in [4.69, 9.17) is 0 Å². The Balaban J connectivity index is 1.49. The van der Waals surface area contributed by atoms with Crippen molar-refractivity contribution in [1.29, 1.82) is 0 Å². The topological polar surface area (TPSA) is 32.3 Å². The van der Waals surface area contributed by atoms with E-state index in [0.29, 0.717) is 18.0 Å². The Kier molecular flexibility index (Phi) is 4.42. The lowest BCUT2D eigenvalue weighted by Gasteiger charge is -2.30. The monoisotopic (exact) mass is 264 g/mol. The van der Waals surface area contributed by atoms with Gasteiger partial charge in [-0.3, -0.25) is 4.79 Å². The third kappa shape index (κ3) is 3.13. The van der Waals surface area contributed by atoms with Crippen molar-refractivity contribution in [2.45, 2.75) is 76.3 Å². The van der Waals surface area contributed by atoms with Crippen LogP contribution in [0.15, 0.2) is 0 Å². The van der Waals surface area contributed by atoms with Crippen molar-refractivity contribution < 1.29 is 4.79 Å². The largest absolute Gasteiger partial charge is 0.339 e. The van der Waals surface area contributed by atoms with Crippen LogP contribution < -0.4 is 5.32 Å². The normalized spacial score (nSPS) is 32.3. The van der Waals surface area contributed by atoms with Gasteiger partial charge in [-0.2, -0.15) is 0 Å². The Morgan fingerprint density at radius 2 is 1.89 bits per heavy atom. The molecule has 1 saturated carbocycles. The van der Waals surface area contributed by atoms with Crippen molar-refractivity contribution in [1.82, 2.24) is 10.2 Å². The lowest BCUT2D eigenvalue weighted by atomic mass is 9.95. The van der Waals surface area contributed by atoms with Gasteiger partial charge in [0.2, 0.25) is 5.91 Å². The van der Waals surface area contributed by atoms with E-state index in [1.807, 2.05) is 0 Å². The second kappa shape index (κ2) is 6.25. The molecule has 1 aliphatic carbocycles. The van der Waals surface area contributed by atoms with E-state index in [1.165, 1.54) is 51.4 Å². The Morgan fingerprint density at radius 1 is 1.05 bits per heavy atom. The fraction of sp³-hybridized carbons (Fsp3) is 0.938. The first-order valence-electron chi connectivity index (χ1n) is 8.37. The number of carbonyl (C=O) groups excluding carboxylic acids is 1. The van der Waals surface area contributed by atoms with Gasteiger partial charge in [0, 0.05) is 25.0 Å². The predicted molar refractivity (Wildman–Crippen MR) is 77.0 cm³/mol. The van der Waals surface area contributed by atoms with Crippen molar-refractivity contribution in [3.05, 3.63) is 0 Å². The average molecular weight is 264 g/mol. The van der Waals surface area contributed by atoms with Gasteiger partial charge >= 0.3 is 0 Å². The van der Waals surface area contributed by atoms with Gasteiger partial charge < -0.3 is 10.2 Å². The van der Waals surface area contributed by atoms with Crippen LogP contribution in [-0.4, -0.2) is 36.0 Å². The van der Waals surface area contributed by atoms with Crippen LogP contribution in [0.1, 0.15) is 64.2 Å². The lowest BCUT2D eigenvalue weighted by molar-refractivity contribution is -0.133. The third-order valence-corrected chi connectivity index (χ3v) is 5.43. The van der Waals surface area contributed by atoms with Crippen LogP contribution in [0.3, 0.4) is 0 Å². The molecule has 2 aliphatic heterocycles. The summed E-state index contributed by atoms with van der Waals surface area (Å²) in [6.07, 6.45) is 12.3. The zero-order valence-electron chi connectivity index (χ0n) is 12.1. The van der Waals surface area contributed by atoms with Gasteiger partial charge in [0.1, 0.15) is 0 Å². The summed E-state index contributed by atoms with van der Waals surface area (Å²) < 4.78 is 0. The quantitative estimate of drug-likeness (QED) is 0.846. The van der Waals surface area contributed by atoms with Crippen LogP contribution in [0.5, 0.6) is 0 Å². The number of likely N-dealkylation sites (tertiary alicyclic amines) is 1. The molecule has 0 aromatic carbocycles. The molecule has 3 aliphatic rings. The predicted octanol–water partition coefficient (Wildman–Crippen LogP) is 2.70. The molecule has 0 aromatic heterocycles. The van der Waals surface area contributed by atoms with Crippen molar-refractivity contribution in [2.75, 3.05) is 13.1 Å². The summed E-state index contributed by atoms with van der Waals surface area (Å²) >= 11 is 0. The summed E-state index contributed by atoms with van der Waals surface area (Å²) in [5.41, 5.74) is 0. The highest BCUT2D eigenvalue weighted by Crippen LogP contribution is 2.35. The van der Waals surface area contributed by atoms with E-state index in [-0.39, 0.29) is 0 Å². The summed E-state index contributed by atoms with van der Waals surface area (Å²) in [6, 6.07) is 1.20. The minimum absolute atomic E-state index is 0.433. The fourth-order valence-electron chi connectivity index (χ4n) is 4.38. The van der Waals surface area contributed by atoms with Crippen LogP contribution >= 0.6 is 0 Å². The molecule has 2 unspecified atom stereocenters. The van der Waals surface area contributed by atoms with Crippen LogP contribution in [0.2, 0.25) is 0 Å². The fourth-order valence-corrected chi connectivity index (χ4v) is 4.38.